The van der Waals surface area contributed by atoms with Gasteiger partial charge in [0, 0.05) is 25.8 Å². The Labute approximate surface area is 159 Å². The molecule has 1 heterocycles. The first-order chi connectivity index (χ1) is 13.0. The van der Waals surface area contributed by atoms with Crippen LogP contribution in [-0.2, 0) is 16.0 Å². The van der Waals surface area contributed by atoms with E-state index in [2.05, 4.69) is 0 Å². The van der Waals surface area contributed by atoms with Gasteiger partial charge in [-0.15, -0.1) is 0 Å². The van der Waals surface area contributed by atoms with Gasteiger partial charge in [-0.25, -0.2) is 4.39 Å². The average molecular weight is 377 g/mol. The maximum atomic E-state index is 13.7. The summed E-state index contributed by atoms with van der Waals surface area (Å²) in [5.41, 5.74) is 0.468. The van der Waals surface area contributed by atoms with Crippen molar-refractivity contribution in [3.63, 3.8) is 0 Å². The minimum absolute atomic E-state index is 0.0354. The Morgan fingerprint density at radius 2 is 2.00 bits per heavy atom. The van der Waals surface area contributed by atoms with Crippen LogP contribution in [-0.4, -0.2) is 45.7 Å². The molecule has 6 heteroatoms. The van der Waals surface area contributed by atoms with E-state index in [9.17, 15) is 19.1 Å². The molecule has 1 aliphatic rings. The number of aliphatic hydroxyl groups excluding tert-OH is 1. The first-order valence-corrected chi connectivity index (χ1v) is 9.58. The average Bonchev–Trinajstić information content (AvgIpc) is 2.98. The number of carboxylic acids is 1. The number of carboxylic acid groups (broad SMARTS) is 1. The first kappa shape index (κ1) is 21.1. The van der Waals surface area contributed by atoms with Gasteiger partial charge in [0.1, 0.15) is 5.82 Å². The van der Waals surface area contributed by atoms with Gasteiger partial charge >= 0.3 is 5.97 Å². The van der Waals surface area contributed by atoms with Gasteiger partial charge in [0.25, 0.3) is 0 Å². The number of rotatable bonds is 11. The standard InChI is InChI=1S/C21H28FNO4/c22-19-8-5-4-7-16(19)15-18(24)12-10-17-11-13-20(25)23(17)14-6-2-1-3-9-21(26)27/h4-5,7-8,10,12,17-18,24H,1-3,6,9,11,13-15H2,(H,26,27)/t17-,18+/m0/s1. The maximum absolute atomic E-state index is 13.7. The van der Waals surface area contributed by atoms with Crippen molar-refractivity contribution in [3.8, 4) is 0 Å². The predicted molar refractivity (Wildman–Crippen MR) is 101 cm³/mol. The minimum atomic E-state index is -0.796. The quantitative estimate of drug-likeness (QED) is 0.458. The molecule has 0 bridgehead atoms. The molecule has 0 aromatic heterocycles. The van der Waals surface area contributed by atoms with Crippen molar-refractivity contribution in [2.24, 2.45) is 0 Å². The number of benzene rings is 1. The summed E-state index contributed by atoms with van der Waals surface area (Å²) in [5, 5.41) is 18.8. The van der Waals surface area contributed by atoms with E-state index in [1.165, 1.54) is 6.07 Å². The second kappa shape index (κ2) is 10.8. The molecular formula is C21H28FNO4. The summed E-state index contributed by atoms with van der Waals surface area (Å²) >= 11 is 0. The number of amides is 1. The summed E-state index contributed by atoms with van der Waals surface area (Å²) in [6.45, 7) is 0.643. The Morgan fingerprint density at radius 3 is 2.74 bits per heavy atom. The molecule has 148 valence electrons. The van der Waals surface area contributed by atoms with Crippen LogP contribution in [0.3, 0.4) is 0 Å². The van der Waals surface area contributed by atoms with Crippen molar-refractivity contribution in [1.29, 1.82) is 0 Å². The molecule has 0 aliphatic carbocycles. The largest absolute Gasteiger partial charge is 0.481 e. The Bertz CT molecular complexity index is 661. The van der Waals surface area contributed by atoms with Crippen LogP contribution in [0.2, 0.25) is 0 Å². The van der Waals surface area contributed by atoms with Gasteiger partial charge in [-0.05, 0) is 30.9 Å². The summed E-state index contributed by atoms with van der Waals surface area (Å²) in [6.07, 6.45) is 7.55. The Balaban J connectivity index is 1.78. The zero-order valence-electron chi connectivity index (χ0n) is 15.5. The SMILES string of the molecule is O=C(O)CCCCCCN1C(=O)CC[C@@H]1C=C[C@@H](O)Cc1ccccc1F. The number of aliphatic carboxylic acids is 1. The van der Waals surface area contributed by atoms with Crippen LogP contribution in [0.25, 0.3) is 0 Å². The third kappa shape index (κ3) is 7.13. The van der Waals surface area contributed by atoms with Gasteiger partial charge in [-0.2, -0.15) is 0 Å². The highest BCUT2D eigenvalue weighted by Gasteiger charge is 2.28. The third-order valence-electron chi connectivity index (χ3n) is 4.86. The molecule has 0 spiro atoms. The topological polar surface area (TPSA) is 77.8 Å². The number of aliphatic hydroxyl groups is 1. The molecule has 5 nitrogen and oxygen atoms in total. The van der Waals surface area contributed by atoms with E-state index in [4.69, 9.17) is 5.11 Å². The fourth-order valence-corrected chi connectivity index (χ4v) is 3.37. The zero-order chi connectivity index (χ0) is 19.6. The normalized spacial score (nSPS) is 18.4. The number of hydrogen-bond donors (Lipinski definition) is 2. The van der Waals surface area contributed by atoms with Gasteiger partial charge in [-0.1, -0.05) is 43.2 Å². The van der Waals surface area contributed by atoms with Crippen LogP contribution in [0.15, 0.2) is 36.4 Å². The van der Waals surface area contributed by atoms with Crippen LogP contribution >= 0.6 is 0 Å². The number of likely N-dealkylation sites (tertiary alicyclic amines) is 1. The highest BCUT2D eigenvalue weighted by Crippen LogP contribution is 2.21. The summed E-state index contributed by atoms with van der Waals surface area (Å²) in [7, 11) is 0. The van der Waals surface area contributed by atoms with Crippen LogP contribution in [0.4, 0.5) is 4.39 Å². The molecular weight excluding hydrogens is 349 g/mol. The fourth-order valence-electron chi connectivity index (χ4n) is 3.37. The van der Waals surface area contributed by atoms with E-state index in [0.717, 1.165) is 25.7 Å². The number of hydrogen-bond acceptors (Lipinski definition) is 3. The molecule has 2 rings (SSSR count). The molecule has 1 aliphatic heterocycles. The number of halogens is 1. The first-order valence-electron chi connectivity index (χ1n) is 9.58. The molecule has 1 saturated heterocycles. The van der Waals surface area contributed by atoms with Crippen LogP contribution in [0, 0.1) is 5.82 Å². The lowest BCUT2D eigenvalue weighted by Crippen LogP contribution is -2.32. The summed E-state index contributed by atoms with van der Waals surface area (Å²) in [5.74, 6) is -0.992. The van der Waals surface area contributed by atoms with E-state index in [1.54, 1.807) is 24.3 Å². The molecule has 1 aromatic rings. The van der Waals surface area contributed by atoms with E-state index in [0.29, 0.717) is 24.9 Å². The van der Waals surface area contributed by atoms with Gasteiger partial charge < -0.3 is 15.1 Å². The van der Waals surface area contributed by atoms with Crippen LogP contribution in [0.5, 0.6) is 0 Å². The Kier molecular flexibility index (Phi) is 8.45. The van der Waals surface area contributed by atoms with Crippen molar-refractivity contribution in [2.75, 3.05) is 6.54 Å². The minimum Gasteiger partial charge on any atom is -0.481 e. The lowest BCUT2D eigenvalue weighted by molar-refractivity contribution is -0.137. The van der Waals surface area contributed by atoms with E-state index < -0.39 is 12.1 Å². The van der Waals surface area contributed by atoms with Crippen LogP contribution in [0.1, 0.15) is 50.5 Å². The summed E-state index contributed by atoms with van der Waals surface area (Å²) in [6, 6.07) is 6.35. The van der Waals surface area contributed by atoms with Crippen molar-refractivity contribution >= 4 is 11.9 Å². The molecule has 2 atom stereocenters. The number of carbonyl (C=O) groups is 2. The molecule has 0 saturated carbocycles. The molecule has 2 N–H and O–H groups in total. The highest BCUT2D eigenvalue weighted by atomic mass is 19.1. The molecule has 1 fully saturated rings. The maximum Gasteiger partial charge on any atom is 0.303 e. The molecule has 0 radical (unpaired) electrons. The Morgan fingerprint density at radius 1 is 1.26 bits per heavy atom. The second-order valence-corrected chi connectivity index (χ2v) is 7.00. The molecule has 0 unspecified atom stereocenters. The van der Waals surface area contributed by atoms with Gasteiger partial charge in [0.05, 0.1) is 12.1 Å². The molecule has 27 heavy (non-hydrogen) atoms. The highest BCUT2D eigenvalue weighted by molar-refractivity contribution is 5.79. The monoisotopic (exact) mass is 377 g/mol. The summed E-state index contributed by atoms with van der Waals surface area (Å²) < 4.78 is 13.7. The summed E-state index contributed by atoms with van der Waals surface area (Å²) in [4.78, 5) is 24.4. The zero-order valence-corrected chi connectivity index (χ0v) is 15.5. The van der Waals surface area contributed by atoms with Gasteiger partial charge in [0.15, 0.2) is 0 Å². The smallest absolute Gasteiger partial charge is 0.303 e. The third-order valence-corrected chi connectivity index (χ3v) is 4.86. The van der Waals surface area contributed by atoms with Crippen molar-refractivity contribution in [3.05, 3.63) is 47.8 Å². The number of nitrogens with zero attached hydrogens (tertiary/aromatic N) is 1. The molecule has 1 amide bonds. The van der Waals surface area contributed by atoms with Crippen molar-refractivity contribution < 1.29 is 24.2 Å². The van der Waals surface area contributed by atoms with E-state index in [-0.39, 0.29) is 30.6 Å². The Hall–Kier alpha value is -2.21. The number of unbranched alkanes of at least 4 members (excludes halogenated alkanes) is 3. The van der Waals surface area contributed by atoms with E-state index in [1.807, 2.05) is 11.0 Å². The van der Waals surface area contributed by atoms with E-state index >= 15 is 0 Å². The second-order valence-electron chi connectivity index (χ2n) is 7.00. The van der Waals surface area contributed by atoms with Crippen LogP contribution < -0.4 is 0 Å². The van der Waals surface area contributed by atoms with Crippen molar-refractivity contribution in [1.82, 2.24) is 4.90 Å². The molecule has 1 aromatic carbocycles. The predicted octanol–water partition coefficient (Wildman–Crippen LogP) is 3.31. The van der Waals surface area contributed by atoms with Gasteiger partial charge in [0.2, 0.25) is 5.91 Å². The van der Waals surface area contributed by atoms with Crippen molar-refractivity contribution in [2.45, 2.75) is 63.5 Å². The fraction of sp³-hybridized carbons (Fsp3) is 0.524. The lowest BCUT2D eigenvalue weighted by atomic mass is 10.1. The van der Waals surface area contributed by atoms with Gasteiger partial charge in [-0.3, -0.25) is 9.59 Å². The lowest BCUT2D eigenvalue weighted by Gasteiger charge is -2.22. The number of carbonyl (C=O) groups excluding carboxylic acids is 1.